The summed E-state index contributed by atoms with van der Waals surface area (Å²) in [5.74, 6) is 1.58. The minimum atomic E-state index is -0.216. The van der Waals surface area contributed by atoms with Crippen LogP contribution in [0.5, 0.6) is 0 Å². The van der Waals surface area contributed by atoms with E-state index in [2.05, 4.69) is 17.3 Å². The summed E-state index contributed by atoms with van der Waals surface area (Å²) in [6.45, 7) is 7.00. The van der Waals surface area contributed by atoms with Gasteiger partial charge in [-0.2, -0.15) is 5.10 Å². The van der Waals surface area contributed by atoms with Crippen molar-refractivity contribution in [1.29, 1.82) is 0 Å². The highest BCUT2D eigenvalue weighted by Crippen LogP contribution is 2.31. The molecule has 118 valence electrons. The third kappa shape index (κ3) is 4.00. The molecule has 1 aromatic heterocycles. The number of aromatic nitrogens is 2. The molecule has 0 aromatic carbocycles. The summed E-state index contributed by atoms with van der Waals surface area (Å²) in [6.07, 6.45) is 8.14. The molecular formula is C16H26ClN3O. The Morgan fingerprint density at radius 3 is 2.52 bits per heavy atom. The third-order valence-corrected chi connectivity index (χ3v) is 4.92. The highest BCUT2D eigenvalue weighted by molar-refractivity contribution is 6.32. The Kier molecular flexibility index (Phi) is 5.68. The van der Waals surface area contributed by atoms with Crippen molar-refractivity contribution in [2.75, 3.05) is 11.9 Å². The second-order valence-electron chi connectivity index (χ2n) is 6.39. The van der Waals surface area contributed by atoms with E-state index in [-0.39, 0.29) is 16.6 Å². The Morgan fingerprint density at radius 1 is 1.33 bits per heavy atom. The fraction of sp³-hybridized carbons (Fsp3) is 0.750. The van der Waals surface area contributed by atoms with Gasteiger partial charge in [0.05, 0.1) is 17.9 Å². The van der Waals surface area contributed by atoms with Gasteiger partial charge in [0.2, 0.25) is 0 Å². The lowest BCUT2D eigenvalue weighted by Gasteiger charge is -2.28. The van der Waals surface area contributed by atoms with Crippen LogP contribution in [0.15, 0.2) is 11.0 Å². The summed E-state index contributed by atoms with van der Waals surface area (Å²) in [7, 11) is 0. The normalized spacial score (nSPS) is 22.5. The van der Waals surface area contributed by atoms with Crippen LogP contribution >= 0.6 is 11.6 Å². The monoisotopic (exact) mass is 311 g/mol. The molecule has 1 aromatic rings. The number of hydrogen-bond acceptors (Lipinski definition) is 3. The minimum Gasteiger partial charge on any atom is -0.382 e. The molecule has 1 fully saturated rings. The van der Waals surface area contributed by atoms with E-state index in [1.54, 1.807) is 6.20 Å². The van der Waals surface area contributed by atoms with Gasteiger partial charge in [-0.15, -0.1) is 0 Å². The van der Waals surface area contributed by atoms with Crippen molar-refractivity contribution in [1.82, 2.24) is 9.78 Å². The number of rotatable bonds is 5. The molecule has 1 heterocycles. The van der Waals surface area contributed by atoms with Crippen LogP contribution in [0.2, 0.25) is 5.02 Å². The van der Waals surface area contributed by atoms with Crippen LogP contribution < -0.4 is 10.9 Å². The molecule has 2 rings (SSSR count). The molecule has 1 aliphatic carbocycles. The molecule has 5 heteroatoms. The van der Waals surface area contributed by atoms with E-state index in [0.717, 1.165) is 12.5 Å². The van der Waals surface area contributed by atoms with Gasteiger partial charge in [-0.3, -0.25) is 4.79 Å². The van der Waals surface area contributed by atoms with Crippen molar-refractivity contribution in [2.45, 2.75) is 58.9 Å². The van der Waals surface area contributed by atoms with Crippen LogP contribution in [-0.4, -0.2) is 16.3 Å². The lowest BCUT2D eigenvalue weighted by molar-refractivity contribution is 0.278. The Labute approximate surface area is 131 Å². The van der Waals surface area contributed by atoms with Crippen LogP contribution in [0.25, 0.3) is 0 Å². The number of nitrogens with zero attached hydrogens (tertiary/aromatic N) is 2. The van der Waals surface area contributed by atoms with Crippen LogP contribution in [0.4, 0.5) is 5.69 Å². The van der Waals surface area contributed by atoms with Gasteiger partial charge >= 0.3 is 0 Å². The largest absolute Gasteiger partial charge is 0.382 e. The zero-order chi connectivity index (χ0) is 15.4. The average Bonchev–Trinajstić information content (AvgIpc) is 2.49. The average molecular weight is 312 g/mol. The van der Waals surface area contributed by atoms with Gasteiger partial charge < -0.3 is 5.32 Å². The topological polar surface area (TPSA) is 46.9 Å². The molecule has 0 bridgehead atoms. The van der Waals surface area contributed by atoms with Gasteiger partial charge in [0.15, 0.2) is 0 Å². The van der Waals surface area contributed by atoms with E-state index in [9.17, 15) is 4.79 Å². The fourth-order valence-corrected chi connectivity index (χ4v) is 3.24. The quantitative estimate of drug-likeness (QED) is 0.890. The molecule has 0 saturated heterocycles. The van der Waals surface area contributed by atoms with Gasteiger partial charge in [-0.1, -0.05) is 37.8 Å². The maximum atomic E-state index is 12.1. The molecule has 1 N–H and O–H groups in total. The maximum Gasteiger partial charge on any atom is 0.287 e. The summed E-state index contributed by atoms with van der Waals surface area (Å²) in [6, 6.07) is 0.0216. The standard InChI is InChI=1S/C16H26ClN3O/c1-4-12-5-7-13(8-6-12)9-18-14-10-19-20(11(2)3)16(21)15(14)17/h10-13,18H,4-9H2,1-3H3. The van der Waals surface area contributed by atoms with Crippen LogP contribution in [-0.2, 0) is 0 Å². The molecule has 0 spiro atoms. The summed E-state index contributed by atoms with van der Waals surface area (Å²) in [4.78, 5) is 12.1. The Bertz CT molecular complexity index is 519. The first-order valence-electron chi connectivity index (χ1n) is 8.04. The van der Waals surface area contributed by atoms with E-state index in [1.807, 2.05) is 13.8 Å². The first-order valence-corrected chi connectivity index (χ1v) is 8.41. The molecule has 0 radical (unpaired) electrons. The van der Waals surface area contributed by atoms with Crippen LogP contribution in [0.3, 0.4) is 0 Å². The molecular weight excluding hydrogens is 286 g/mol. The van der Waals surface area contributed by atoms with Crippen molar-refractivity contribution in [3.05, 3.63) is 21.6 Å². The van der Waals surface area contributed by atoms with E-state index in [1.165, 1.54) is 36.8 Å². The predicted octanol–water partition coefficient (Wildman–Crippen LogP) is 4.11. The first kappa shape index (κ1) is 16.3. The summed E-state index contributed by atoms with van der Waals surface area (Å²) < 4.78 is 1.42. The van der Waals surface area contributed by atoms with Crippen LogP contribution in [0.1, 0.15) is 58.9 Å². The molecule has 0 atom stereocenters. The lowest BCUT2D eigenvalue weighted by atomic mass is 9.81. The SMILES string of the molecule is CCC1CCC(CNc2cnn(C(C)C)c(=O)c2Cl)CC1. The van der Waals surface area contributed by atoms with Crippen molar-refractivity contribution >= 4 is 17.3 Å². The zero-order valence-electron chi connectivity index (χ0n) is 13.2. The molecule has 1 saturated carbocycles. The van der Waals surface area contributed by atoms with Gasteiger partial charge in [-0.05, 0) is 38.5 Å². The molecule has 0 aliphatic heterocycles. The lowest BCUT2D eigenvalue weighted by Crippen LogP contribution is -2.27. The highest BCUT2D eigenvalue weighted by atomic mass is 35.5. The highest BCUT2D eigenvalue weighted by Gasteiger charge is 2.20. The van der Waals surface area contributed by atoms with E-state index in [0.29, 0.717) is 11.6 Å². The second kappa shape index (κ2) is 7.30. The Hall–Kier alpha value is -1.03. The van der Waals surface area contributed by atoms with E-state index in [4.69, 9.17) is 11.6 Å². The summed E-state index contributed by atoms with van der Waals surface area (Å²) in [5, 5.41) is 7.75. The second-order valence-corrected chi connectivity index (χ2v) is 6.77. The van der Waals surface area contributed by atoms with Gasteiger partial charge in [-0.25, -0.2) is 4.68 Å². The van der Waals surface area contributed by atoms with E-state index < -0.39 is 0 Å². The third-order valence-electron chi connectivity index (χ3n) is 4.56. The number of anilines is 1. The van der Waals surface area contributed by atoms with Gasteiger partial charge in [0.25, 0.3) is 5.56 Å². The fourth-order valence-electron chi connectivity index (χ4n) is 3.03. The molecule has 4 nitrogen and oxygen atoms in total. The Balaban J connectivity index is 1.95. The molecule has 1 aliphatic rings. The number of hydrogen-bond donors (Lipinski definition) is 1. The van der Waals surface area contributed by atoms with Crippen molar-refractivity contribution in [3.63, 3.8) is 0 Å². The molecule has 0 unspecified atom stereocenters. The maximum absolute atomic E-state index is 12.1. The van der Waals surface area contributed by atoms with Gasteiger partial charge in [0.1, 0.15) is 5.02 Å². The van der Waals surface area contributed by atoms with E-state index >= 15 is 0 Å². The summed E-state index contributed by atoms with van der Waals surface area (Å²) in [5.41, 5.74) is 0.447. The predicted molar refractivity (Wildman–Crippen MR) is 88.1 cm³/mol. The van der Waals surface area contributed by atoms with Crippen LogP contribution in [0, 0.1) is 11.8 Å². The number of halogens is 1. The van der Waals surface area contributed by atoms with Gasteiger partial charge in [0, 0.05) is 6.54 Å². The minimum absolute atomic E-state index is 0.0216. The van der Waals surface area contributed by atoms with Crippen molar-refractivity contribution < 1.29 is 0 Å². The number of nitrogens with one attached hydrogen (secondary N) is 1. The first-order chi connectivity index (χ1) is 10.0. The smallest absolute Gasteiger partial charge is 0.287 e. The van der Waals surface area contributed by atoms with Crippen molar-refractivity contribution in [2.24, 2.45) is 11.8 Å². The molecule has 21 heavy (non-hydrogen) atoms. The van der Waals surface area contributed by atoms with Crippen molar-refractivity contribution in [3.8, 4) is 0 Å². The summed E-state index contributed by atoms with van der Waals surface area (Å²) >= 11 is 6.17. The zero-order valence-corrected chi connectivity index (χ0v) is 14.0. The Morgan fingerprint density at radius 2 is 1.95 bits per heavy atom. The molecule has 0 amide bonds.